The third kappa shape index (κ3) is 3.90. The van der Waals surface area contributed by atoms with E-state index in [9.17, 15) is 9.18 Å². The van der Waals surface area contributed by atoms with Crippen LogP contribution in [0.3, 0.4) is 0 Å². The first-order valence-corrected chi connectivity index (χ1v) is 8.39. The molecule has 1 amide bonds. The fourth-order valence-electron chi connectivity index (χ4n) is 3.75. The van der Waals surface area contributed by atoms with Gasteiger partial charge in [0.2, 0.25) is 5.91 Å². The number of rotatable bonds is 4. The van der Waals surface area contributed by atoms with Crippen LogP contribution >= 0.6 is 0 Å². The maximum absolute atomic E-state index is 13.0. The van der Waals surface area contributed by atoms with E-state index < -0.39 is 0 Å². The summed E-state index contributed by atoms with van der Waals surface area (Å²) in [6.45, 7) is 2.85. The molecule has 2 aliphatic rings. The molecule has 1 aromatic carbocycles. The molecule has 2 aliphatic heterocycles. The quantitative estimate of drug-likeness (QED) is 0.922. The highest BCUT2D eigenvalue weighted by Gasteiger charge is 2.42. The van der Waals surface area contributed by atoms with Gasteiger partial charge in [0.25, 0.3) is 0 Å². The molecule has 23 heavy (non-hydrogen) atoms. The minimum Gasteiger partial charge on any atom is -0.377 e. The van der Waals surface area contributed by atoms with Crippen LogP contribution in [-0.2, 0) is 16.0 Å². The van der Waals surface area contributed by atoms with Gasteiger partial charge in [-0.3, -0.25) is 4.79 Å². The SMILES string of the molecule is CNCC(=O)N1CCC2(CC1)CO[C@H](Cc1ccc(F)cc1)C2. The molecule has 0 bridgehead atoms. The number of amides is 1. The van der Waals surface area contributed by atoms with E-state index in [1.54, 1.807) is 7.05 Å². The molecule has 1 N–H and O–H groups in total. The molecule has 0 radical (unpaired) electrons. The topological polar surface area (TPSA) is 41.6 Å². The molecule has 4 nitrogen and oxygen atoms in total. The number of hydrogen-bond acceptors (Lipinski definition) is 3. The first kappa shape index (κ1) is 16.4. The predicted octanol–water partition coefficient (Wildman–Crippen LogP) is 1.99. The van der Waals surface area contributed by atoms with E-state index in [0.717, 1.165) is 50.9 Å². The molecule has 2 saturated heterocycles. The number of hydrogen-bond donors (Lipinski definition) is 1. The molecular weight excluding hydrogens is 295 g/mol. The smallest absolute Gasteiger partial charge is 0.236 e. The molecule has 126 valence electrons. The minimum absolute atomic E-state index is 0.184. The molecule has 0 aromatic heterocycles. The Morgan fingerprint density at radius 3 is 2.70 bits per heavy atom. The molecule has 2 fully saturated rings. The van der Waals surface area contributed by atoms with Crippen molar-refractivity contribution in [3.8, 4) is 0 Å². The Hall–Kier alpha value is -1.46. The van der Waals surface area contributed by atoms with Gasteiger partial charge in [0.1, 0.15) is 5.82 Å². The number of piperidine rings is 1. The summed E-state index contributed by atoms with van der Waals surface area (Å²) in [5.41, 5.74) is 1.34. The summed E-state index contributed by atoms with van der Waals surface area (Å²) >= 11 is 0. The van der Waals surface area contributed by atoms with Crippen LogP contribution in [0.15, 0.2) is 24.3 Å². The van der Waals surface area contributed by atoms with Gasteiger partial charge in [-0.1, -0.05) is 12.1 Å². The summed E-state index contributed by atoms with van der Waals surface area (Å²) in [7, 11) is 1.80. The zero-order valence-corrected chi connectivity index (χ0v) is 13.7. The number of halogens is 1. The Labute approximate surface area is 137 Å². The minimum atomic E-state index is -0.198. The first-order valence-electron chi connectivity index (χ1n) is 8.39. The molecule has 5 heteroatoms. The van der Waals surface area contributed by atoms with Crippen LogP contribution in [0.5, 0.6) is 0 Å². The molecule has 0 saturated carbocycles. The van der Waals surface area contributed by atoms with Crippen LogP contribution in [-0.4, -0.2) is 50.2 Å². The lowest BCUT2D eigenvalue weighted by molar-refractivity contribution is -0.132. The summed E-state index contributed by atoms with van der Waals surface area (Å²) in [5.74, 6) is -0.0136. The van der Waals surface area contributed by atoms with Crippen molar-refractivity contribution in [1.82, 2.24) is 10.2 Å². The van der Waals surface area contributed by atoms with Crippen molar-refractivity contribution in [3.05, 3.63) is 35.6 Å². The lowest BCUT2D eigenvalue weighted by atomic mass is 9.76. The van der Waals surface area contributed by atoms with E-state index in [2.05, 4.69) is 5.32 Å². The second-order valence-corrected chi connectivity index (χ2v) is 6.88. The largest absolute Gasteiger partial charge is 0.377 e. The molecule has 2 heterocycles. The summed E-state index contributed by atoms with van der Waals surface area (Å²) in [5, 5.41) is 2.92. The summed E-state index contributed by atoms with van der Waals surface area (Å²) in [6.07, 6.45) is 4.12. The number of carbonyl (C=O) groups excluding carboxylic acids is 1. The van der Waals surface area contributed by atoms with Gasteiger partial charge in [-0.05, 0) is 55.8 Å². The highest BCUT2D eigenvalue weighted by Crippen LogP contribution is 2.42. The van der Waals surface area contributed by atoms with Crippen LogP contribution in [0.2, 0.25) is 0 Å². The average Bonchev–Trinajstić information content (AvgIpc) is 2.93. The van der Waals surface area contributed by atoms with Crippen molar-refractivity contribution < 1.29 is 13.9 Å². The number of ether oxygens (including phenoxy) is 1. The average molecular weight is 320 g/mol. The van der Waals surface area contributed by atoms with Crippen LogP contribution in [0.1, 0.15) is 24.8 Å². The van der Waals surface area contributed by atoms with Gasteiger partial charge < -0.3 is 15.0 Å². The van der Waals surface area contributed by atoms with Crippen molar-refractivity contribution >= 4 is 5.91 Å². The van der Waals surface area contributed by atoms with E-state index in [4.69, 9.17) is 4.74 Å². The molecular formula is C18H25FN2O2. The Balaban J connectivity index is 1.51. The van der Waals surface area contributed by atoms with E-state index >= 15 is 0 Å². The van der Waals surface area contributed by atoms with Crippen LogP contribution < -0.4 is 5.32 Å². The highest BCUT2D eigenvalue weighted by molar-refractivity contribution is 5.78. The van der Waals surface area contributed by atoms with Gasteiger partial charge in [-0.25, -0.2) is 4.39 Å². The monoisotopic (exact) mass is 320 g/mol. The van der Waals surface area contributed by atoms with E-state index in [-0.39, 0.29) is 23.2 Å². The van der Waals surface area contributed by atoms with E-state index in [0.29, 0.717) is 6.54 Å². The molecule has 1 aromatic rings. The second-order valence-electron chi connectivity index (χ2n) is 6.88. The van der Waals surface area contributed by atoms with Crippen molar-refractivity contribution in [2.24, 2.45) is 5.41 Å². The van der Waals surface area contributed by atoms with Crippen LogP contribution in [0, 0.1) is 11.2 Å². The van der Waals surface area contributed by atoms with Gasteiger partial charge in [0.05, 0.1) is 19.3 Å². The maximum Gasteiger partial charge on any atom is 0.236 e. The lowest BCUT2D eigenvalue weighted by Crippen LogP contribution is -2.46. The Kier molecular flexibility index (Phi) is 4.97. The predicted molar refractivity (Wildman–Crippen MR) is 86.6 cm³/mol. The zero-order chi connectivity index (χ0) is 16.3. The van der Waals surface area contributed by atoms with Crippen LogP contribution in [0.25, 0.3) is 0 Å². The number of carbonyl (C=O) groups is 1. The summed E-state index contributed by atoms with van der Waals surface area (Å²) < 4.78 is 19.0. The van der Waals surface area contributed by atoms with Crippen molar-refractivity contribution in [2.75, 3.05) is 33.3 Å². The fourth-order valence-corrected chi connectivity index (χ4v) is 3.75. The molecule has 1 spiro atoms. The third-order valence-electron chi connectivity index (χ3n) is 5.17. The van der Waals surface area contributed by atoms with Gasteiger partial charge in [-0.2, -0.15) is 0 Å². The Morgan fingerprint density at radius 1 is 1.35 bits per heavy atom. The maximum atomic E-state index is 13.0. The third-order valence-corrected chi connectivity index (χ3v) is 5.17. The number of nitrogens with zero attached hydrogens (tertiary/aromatic N) is 1. The summed E-state index contributed by atoms with van der Waals surface area (Å²) in [6, 6.07) is 6.68. The first-order chi connectivity index (χ1) is 11.1. The van der Waals surface area contributed by atoms with Crippen molar-refractivity contribution in [2.45, 2.75) is 31.8 Å². The Morgan fingerprint density at radius 2 is 2.04 bits per heavy atom. The lowest BCUT2D eigenvalue weighted by Gasteiger charge is -2.38. The van der Waals surface area contributed by atoms with E-state index in [1.165, 1.54) is 12.1 Å². The normalized spacial score (nSPS) is 23.4. The molecule has 0 unspecified atom stereocenters. The molecule has 1 atom stereocenters. The Bertz CT molecular complexity index is 538. The van der Waals surface area contributed by atoms with Gasteiger partial charge in [-0.15, -0.1) is 0 Å². The fraction of sp³-hybridized carbons (Fsp3) is 0.611. The zero-order valence-electron chi connectivity index (χ0n) is 13.7. The standard InChI is InChI=1S/C18H25FN2O2/c1-20-12-17(22)21-8-6-18(7-9-21)11-16(23-13-18)10-14-2-4-15(19)5-3-14/h2-5,16,20H,6-13H2,1H3/t16-/m1/s1. The van der Waals surface area contributed by atoms with Crippen LogP contribution in [0.4, 0.5) is 4.39 Å². The molecule has 0 aliphatic carbocycles. The van der Waals surface area contributed by atoms with Gasteiger partial charge in [0.15, 0.2) is 0 Å². The summed E-state index contributed by atoms with van der Waals surface area (Å²) in [4.78, 5) is 13.9. The van der Waals surface area contributed by atoms with E-state index in [1.807, 2.05) is 17.0 Å². The number of likely N-dealkylation sites (tertiary alicyclic amines) is 1. The van der Waals surface area contributed by atoms with Gasteiger partial charge >= 0.3 is 0 Å². The van der Waals surface area contributed by atoms with Crippen molar-refractivity contribution in [3.63, 3.8) is 0 Å². The van der Waals surface area contributed by atoms with Gasteiger partial charge in [0, 0.05) is 13.1 Å². The highest BCUT2D eigenvalue weighted by atomic mass is 19.1. The number of nitrogens with one attached hydrogen (secondary N) is 1. The number of benzene rings is 1. The second kappa shape index (κ2) is 6.97. The molecule has 3 rings (SSSR count). The number of likely N-dealkylation sites (N-methyl/N-ethyl adjacent to an activating group) is 1. The van der Waals surface area contributed by atoms with Crippen molar-refractivity contribution in [1.29, 1.82) is 0 Å².